The van der Waals surface area contributed by atoms with Gasteiger partial charge in [0.1, 0.15) is 11.5 Å². The lowest BCUT2D eigenvalue weighted by Gasteiger charge is -2.47. The van der Waals surface area contributed by atoms with Crippen molar-refractivity contribution in [3.05, 3.63) is 78.0 Å². The van der Waals surface area contributed by atoms with E-state index in [2.05, 4.69) is 4.98 Å². The summed E-state index contributed by atoms with van der Waals surface area (Å²) < 4.78 is 5.63. The van der Waals surface area contributed by atoms with Crippen molar-refractivity contribution in [3.8, 4) is 0 Å². The summed E-state index contributed by atoms with van der Waals surface area (Å²) >= 11 is 0. The number of hydrogen-bond donors (Lipinski definition) is 0. The molecule has 0 amide bonds. The Morgan fingerprint density at radius 1 is 1.04 bits per heavy atom. The van der Waals surface area contributed by atoms with Crippen LogP contribution in [0.2, 0.25) is 0 Å². The molecule has 1 fully saturated rings. The van der Waals surface area contributed by atoms with Crippen LogP contribution in [0.25, 0.3) is 10.9 Å². The summed E-state index contributed by atoms with van der Waals surface area (Å²) in [6.45, 7) is 2.05. The predicted molar refractivity (Wildman–Crippen MR) is 89.0 cm³/mol. The van der Waals surface area contributed by atoms with E-state index in [4.69, 9.17) is 4.74 Å². The van der Waals surface area contributed by atoms with Gasteiger partial charge in [0.25, 0.3) is 0 Å². The van der Waals surface area contributed by atoms with Gasteiger partial charge in [-0.15, -0.1) is 0 Å². The number of fused-ring (bicyclic) bond motifs is 1. The fourth-order valence-electron chi connectivity index (χ4n) is 3.58. The van der Waals surface area contributed by atoms with E-state index in [9.17, 15) is 4.79 Å². The van der Waals surface area contributed by atoms with E-state index in [1.807, 2.05) is 67.6 Å². The second-order valence-corrected chi connectivity index (χ2v) is 5.89. The van der Waals surface area contributed by atoms with Gasteiger partial charge in [0.2, 0.25) is 0 Å². The molecule has 0 spiro atoms. The molecule has 2 aromatic carbocycles. The lowest BCUT2D eigenvalue weighted by Crippen LogP contribution is -2.54. The highest BCUT2D eigenvalue weighted by atomic mass is 16.6. The minimum absolute atomic E-state index is 0.142. The van der Waals surface area contributed by atoms with Crippen molar-refractivity contribution >= 4 is 16.9 Å². The van der Waals surface area contributed by atoms with E-state index in [1.165, 1.54) is 0 Å². The number of nitrogens with zero attached hydrogens (tertiary/aromatic N) is 1. The molecule has 0 saturated carbocycles. The molecule has 2 atom stereocenters. The summed E-state index contributed by atoms with van der Waals surface area (Å²) in [5.41, 5.74) is 2.36. The van der Waals surface area contributed by atoms with Crippen LogP contribution < -0.4 is 0 Å². The molecule has 0 unspecified atom stereocenters. The second kappa shape index (κ2) is 5.20. The fraction of sp³-hybridized carbons (Fsp3) is 0.200. The van der Waals surface area contributed by atoms with Crippen molar-refractivity contribution in [1.29, 1.82) is 0 Å². The molecule has 23 heavy (non-hydrogen) atoms. The Bertz CT molecular complexity index is 870. The zero-order valence-corrected chi connectivity index (χ0v) is 12.9. The molecule has 3 aromatic rings. The first kappa shape index (κ1) is 13.9. The number of esters is 1. The average Bonchev–Trinajstić information content (AvgIpc) is 2.61. The number of carbonyl (C=O) groups is 1. The monoisotopic (exact) mass is 303 g/mol. The molecule has 3 nitrogen and oxygen atoms in total. The van der Waals surface area contributed by atoms with Gasteiger partial charge in [0.15, 0.2) is 0 Å². The topological polar surface area (TPSA) is 39.2 Å². The SMILES string of the molecule is CC[C@@]1(c2ccccc2)C(=O)O[C@H]1c1ccnc2ccccc12. The summed E-state index contributed by atoms with van der Waals surface area (Å²) in [5, 5.41) is 1.04. The van der Waals surface area contributed by atoms with Crippen LogP contribution in [0.15, 0.2) is 66.9 Å². The van der Waals surface area contributed by atoms with Crippen LogP contribution in [0.5, 0.6) is 0 Å². The van der Waals surface area contributed by atoms with Crippen LogP contribution in [0.4, 0.5) is 0 Å². The largest absolute Gasteiger partial charge is 0.455 e. The first-order chi connectivity index (χ1) is 11.3. The number of para-hydroxylation sites is 1. The molecule has 0 aliphatic carbocycles. The van der Waals surface area contributed by atoms with E-state index < -0.39 is 5.41 Å². The first-order valence-corrected chi connectivity index (χ1v) is 7.87. The highest BCUT2D eigenvalue weighted by Crippen LogP contribution is 2.52. The summed E-state index contributed by atoms with van der Waals surface area (Å²) in [5.74, 6) is -0.142. The van der Waals surface area contributed by atoms with Crippen LogP contribution in [-0.4, -0.2) is 11.0 Å². The number of pyridine rings is 1. The number of ether oxygens (including phenoxy) is 1. The predicted octanol–water partition coefficient (Wildman–Crippen LogP) is 4.18. The highest BCUT2D eigenvalue weighted by molar-refractivity contribution is 5.93. The molecule has 114 valence electrons. The van der Waals surface area contributed by atoms with Crippen molar-refractivity contribution in [2.75, 3.05) is 0 Å². The van der Waals surface area contributed by atoms with Gasteiger partial charge in [0, 0.05) is 17.1 Å². The molecule has 1 aliphatic heterocycles. The van der Waals surface area contributed by atoms with Gasteiger partial charge in [-0.1, -0.05) is 55.5 Å². The van der Waals surface area contributed by atoms with E-state index >= 15 is 0 Å². The lowest BCUT2D eigenvalue weighted by molar-refractivity contribution is -0.193. The molecule has 1 aromatic heterocycles. The summed E-state index contributed by atoms with van der Waals surface area (Å²) in [4.78, 5) is 16.9. The van der Waals surface area contributed by atoms with Crippen LogP contribution in [-0.2, 0) is 14.9 Å². The van der Waals surface area contributed by atoms with E-state index in [0.29, 0.717) is 6.42 Å². The standard InChI is InChI=1S/C20H17NO2/c1-2-20(14-8-4-3-5-9-14)18(23-19(20)22)16-12-13-21-17-11-7-6-10-15(16)17/h3-13,18H,2H2,1H3/t18-,20-/m0/s1. The van der Waals surface area contributed by atoms with Gasteiger partial charge in [0.05, 0.1) is 5.52 Å². The maximum atomic E-state index is 12.5. The van der Waals surface area contributed by atoms with Crippen LogP contribution in [0, 0.1) is 0 Å². The van der Waals surface area contributed by atoms with E-state index in [1.54, 1.807) is 6.20 Å². The van der Waals surface area contributed by atoms with Crippen molar-refractivity contribution in [2.45, 2.75) is 24.9 Å². The smallest absolute Gasteiger partial charge is 0.321 e. The van der Waals surface area contributed by atoms with Crippen molar-refractivity contribution in [1.82, 2.24) is 4.98 Å². The minimum atomic E-state index is -0.606. The molecule has 2 heterocycles. The number of hydrogen-bond acceptors (Lipinski definition) is 3. The third kappa shape index (κ3) is 1.89. The number of cyclic esters (lactones) is 1. The third-order valence-electron chi connectivity index (χ3n) is 4.85. The van der Waals surface area contributed by atoms with Crippen molar-refractivity contribution in [2.24, 2.45) is 0 Å². The van der Waals surface area contributed by atoms with Gasteiger partial charge in [-0.3, -0.25) is 9.78 Å². The van der Waals surface area contributed by atoms with Crippen molar-refractivity contribution < 1.29 is 9.53 Å². The Kier molecular flexibility index (Phi) is 3.15. The Hall–Kier alpha value is -2.68. The molecule has 0 N–H and O–H groups in total. The zero-order valence-electron chi connectivity index (χ0n) is 12.9. The highest BCUT2D eigenvalue weighted by Gasteiger charge is 2.58. The average molecular weight is 303 g/mol. The molecule has 3 heteroatoms. The first-order valence-electron chi connectivity index (χ1n) is 7.87. The van der Waals surface area contributed by atoms with Crippen LogP contribution in [0.3, 0.4) is 0 Å². The van der Waals surface area contributed by atoms with Crippen LogP contribution >= 0.6 is 0 Å². The van der Waals surface area contributed by atoms with E-state index in [0.717, 1.165) is 22.0 Å². The third-order valence-corrected chi connectivity index (χ3v) is 4.85. The van der Waals surface area contributed by atoms with Gasteiger partial charge >= 0.3 is 5.97 Å². The molecule has 4 rings (SSSR count). The normalized spacial score (nSPS) is 23.3. The summed E-state index contributed by atoms with van der Waals surface area (Å²) in [7, 11) is 0. The number of aromatic nitrogens is 1. The fourth-order valence-corrected chi connectivity index (χ4v) is 3.58. The molecule has 0 bridgehead atoms. The maximum Gasteiger partial charge on any atom is 0.321 e. The zero-order chi connectivity index (χ0) is 15.9. The summed E-state index contributed by atoms with van der Waals surface area (Å²) in [6.07, 6.45) is 2.22. The van der Waals surface area contributed by atoms with Gasteiger partial charge < -0.3 is 4.74 Å². The minimum Gasteiger partial charge on any atom is -0.455 e. The summed E-state index contributed by atoms with van der Waals surface area (Å²) in [6, 6.07) is 19.9. The van der Waals surface area contributed by atoms with Crippen molar-refractivity contribution in [3.63, 3.8) is 0 Å². The Morgan fingerprint density at radius 2 is 1.78 bits per heavy atom. The number of rotatable bonds is 3. The molecular formula is C20H17NO2. The van der Waals surface area contributed by atoms with Gasteiger partial charge in [-0.05, 0) is 24.1 Å². The number of carbonyl (C=O) groups excluding carboxylic acids is 1. The van der Waals surface area contributed by atoms with E-state index in [-0.39, 0.29) is 12.1 Å². The molecular weight excluding hydrogens is 286 g/mol. The Labute approximate surface area is 134 Å². The number of benzene rings is 2. The maximum absolute atomic E-state index is 12.5. The molecule has 1 saturated heterocycles. The quantitative estimate of drug-likeness (QED) is 0.681. The Balaban J connectivity index is 1.90. The molecule has 0 radical (unpaired) electrons. The van der Waals surface area contributed by atoms with Gasteiger partial charge in [-0.25, -0.2) is 0 Å². The van der Waals surface area contributed by atoms with Gasteiger partial charge in [-0.2, -0.15) is 0 Å². The Morgan fingerprint density at radius 3 is 2.52 bits per heavy atom. The second-order valence-electron chi connectivity index (χ2n) is 5.89. The lowest BCUT2D eigenvalue weighted by atomic mass is 9.67. The van der Waals surface area contributed by atoms with Crippen LogP contribution in [0.1, 0.15) is 30.6 Å². The molecule has 1 aliphatic rings.